The van der Waals surface area contributed by atoms with Crippen LogP contribution in [0.2, 0.25) is 0 Å². The fourth-order valence-electron chi connectivity index (χ4n) is 4.79. The second-order valence-corrected chi connectivity index (χ2v) is 9.77. The number of carbonyl (C=O) groups is 1. The van der Waals surface area contributed by atoms with Crippen molar-refractivity contribution in [3.8, 4) is 22.6 Å². The van der Waals surface area contributed by atoms with Crippen LogP contribution in [0.25, 0.3) is 11.1 Å². The Bertz CT molecular complexity index is 1200. The zero-order valence-electron chi connectivity index (χ0n) is 20.8. The van der Waals surface area contributed by atoms with Gasteiger partial charge in [-0.05, 0) is 62.4 Å². The number of fused-ring (bicyclic) bond motifs is 3. The SMILES string of the molecule is CCCCCc1cc2c(c(O)c1C(=O)N(C)Cc1cccnc1)-c1cc(C)ccc1C(C)(C)O2. The Balaban J connectivity index is 1.84. The average Bonchev–Trinajstić information content (AvgIpc) is 2.78. The molecule has 2 aromatic carbocycles. The Labute approximate surface area is 202 Å². The van der Waals surface area contributed by atoms with Crippen molar-refractivity contribution < 1.29 is 14.6 Å². The highest BCUT2D eigenvalue weighted by Crippen LogP contribution is 2.51. The molecule has 2 heterocycles. The van der Waals surface area contributed by atoms with Crippen molar-refractivity contribution in [2.75, 3.05) is 7.05 Å². The van der Waals surface area contributed by atoms with E-state index in [0.29, 0.717) is 29.8 Å². The highest BCUT2D eigenvalue weighted by atomic mass is 16.5. The van der Waals surface area contributed by atoms with Gasteiger partial charge in [-0.15, -0.1) is 0 Å². The van der Waals surface area contributed by atoms with Gasteiger partial charge in [0.25, 0.3) is 5.91 Å². The maximum absolute atomic E-state index is 13.7. The molecule has 0 spiro atoms. The van der Waals surface area contributed by atoms with E-state index in [-0.39, 0.29) is 11.7 Å². The molecular formula is C29H34N2O3. The quantitative estimate of drug-likeness (QED) is 0.416. The summed E-state index contributed by atoms with van der Waals surface area (Å²) in [6.45, 7) is 8.68. The third kappa shape index (κ3) is 4.52. The van der Waals surface area contributed by atoms with Gasteiger partial charge in [-0.2, -0.15) is 0 Å². The zero-order valence-corrected chi connectivity index (χ0v) is 20.8. The molecule has 5 heteroatoms. The van der Waals surface area contributed by atoms with Crippen molar-refractivity contribution in [1.29, 1.82) is 0 Å². The van der Waals surface area contributed by atoms with Gasteiger partial charge in [0, 0.05) is 31.5 Å². The Morgan fingerprint density at radius 3 is 2.68 bits per heavy atom. The fourth-order valence-corrected chi connectivity index (χ4v) is 4.79. The van der Waals surface area contributed by atoms with Crippen molar-refractivity contribution in [1.82, 2.24) is 9.88 Å². The summed E-state index contributed by atoms with van der Waals surface area (Å²) in [6, 6.07) is 12.0. The predicted molar refractivity (Wildman–Crippen MR) is 135 cm³/mol. The number of ether oxygens (including phenoxy) is 1. The summed E-state index contributed by atoms with van der Waals surface area (Å²) in [5, 5.41) is 11.6. The van der Waals surface area contributed by atoms with Gasteiger partial charge in [0.15, 0.2) is 0 Å². The molecule has 4 rings (SSSR count). The average molecular weight is 459 g/mol. The fraction of sp³-hybridized carbons (Fsp3) is 0.379. The minimum absolute atomic E-state index is 0.00869. The Hall–Kier alpha value is -3.34. The summed E-state index contributed by atoms with van der Waals surface area (Å²) in [6.07, 6.45) is 7.27. The molecule has 0 atom stereocenters. The lowest BCUT2D eigenvalue weighted by atomic mass is 9.83. The van der Waals surface area contributed by atoms with Crippen LogP contribution in [0.4, 0.5) is 0 Å². The standard InChI is InChI=1S/C29H34N2O3/c1-6-7-8-11-21-16-24-26(22-15-19(2)12-13-23(22)29(3,4)34-24)27(32)25(21)28(33)31(5)18-20-10-9-14-30-17-20/h9-10,12-17,32H,6-8,11,18H2,1-5H3. The van der Waals surface area contributed by atoms with Crippen LogP contribution in [-0.2, 0) is 18.6 Å². The lowest BCUT2D eigenvalue weighted by Gasteiger charge is -2.36. The first kappa shape index (κ1) is 23.8. The predicted octanol–water partition coefficient (Wildman–Crippen LogP) is 6.40. The van der Waals surface area contributed by atoms with Crippen molar-refractivity contribution in [2.45, 2.75) is 65.5 Å². The first-order chi connectivity index (χ1) is 16.2. The van der Waals surface area contributed by atoms with Crippen LogP contribution in [0.1, 0.15) is 72.6 Å². The monoisotopic (exact) mass is 458 g/mol. The molecule has 34 heavy (non-hydrogen) atoms. The normalized spacial score (nSPS) is 13.6. The molecule has 3 aromatic rings. The summed E-state index contributed by atoms with van der Waals surface area (Å²) < 4.78 is 6.41. The third-order valence-electron chi connectivity index (χ3n) is 6.56. The molecule has 0 unspecified atom stereocenters. The topological polar surface area (TPSA) is 62.7 Å². The molecule has 1 aliphatic heterocycles. The van der Waals surface area contributed by atoms with E-state index in [0.717, 1.165) is 47.1 Å². The number of aromatic nitrogens is 1. The van der Waals surface area contributed by atoms with Crippen LogP contribution in [-0.4, -0.2) is 27.9 Å². The number of hydrogen-bond donors (Lipinski definition) is 1. The van der Waals surface area contributed by atoms with E-state index in [1.54, 1.807) is 24.3 Å². The van der Waals surface area contributed by atoms with E-state index in [1.165, 1.54) is 0 Å². The van der Waals surface area contributed by atoms with Gasteiger partial charge in [-0.25, -0.2) is 0 Å². The molecule has 1 N–H and O–H groups in total. The lowest BCUT2D eigenvalue weighted by molar-refractivity contribution is 0.0780. The van der Waals surface area contributed by atoms with Gasteiger partial charge >= 0.3 is 0 Å². The van der Waals surface area contributed by atoms with Crippen molar-refractivity contribution in [3.05, 3.63) is 76.6 Å². The zero-order chi connectivity index (χ0) is 24.5. The minimum Gasteiger partial charge on any atom is -0.506 e. The van der Waals surface area contributed by atoms with E-state index < -0.39 is 5.60 Å². The number of carbonyl (C=O) groups excluding carboxylic acids is 1. The number of rotatable bonds is 7. The summed E-state index contributed by atoms with van der Waals surface area (Å²) >= 11 is 0. The molecular weight excluding hydrogens is 424 g/mol. The maximum atomic E-state index is 13.7. The summed E-state index contributed by atoms with van der Waals surface area (Å²) in [4.78, 5) is 19.5. The van der Waals surface area contributed by atoms with Gasteiger partial charge < -0.3 is 14.7 Å². The van der Waals surface area contributed by atoms with Crippen molar-refractivity contribution >= 4 is 5.91 Å². The van der Waals surface area contributed by atoms with Crippen LogP contribution < -0.4 is 4.74 Å². The highest BCUT2D eigenvalue weighted by Gasteiger charge is 2.36. The molecule has 0 radical (unpaired) electrons. The van der Waals surface area contributed by atoms with Gasteiger partial charge in [-0.1, -0.05) is 49.6 Å². The van der Waals surface area contributed by atoms with Crippen molar-refractivity contribution in [2.24, 2.45) is 0 Å². The molecule has 0 aliphatic carbocycles. The smallest absolute Gasteiger partial charge is 0.257 e. The second kappa shape index (κ2) is 9.49. The number of hydrogen-bond acceptors (Lipinski definition) is 4. The van der Waals surface area contributed by atoms with Gasteiger partial charge in [0.05, 0.1) is 11.1 Å². The third-order valence-corrected chi connectivity index (χ3v) is 6.56. The number of nitrogens with zero attached hydrogens (tertiary/aromatic N) is 2. The summed E-state index contributed by atoms with van der Waals surface area (Å²) in [5.74, 6) is 0.447. The van der Waals surface area contributed by atoms with E-state index in [1.807, 2.05) is 39.0 Å². The Morgan fingerprint density at radius 1 is 1.18 bits per heavy atom. The summed E-state index contributed by atoms with van der Waals surface area (Å²) in [5.41, 5.74) is 5.23. The van der Waals surface area contributed by atoms with E-state index >= 15 is 0 Å². The lowest BCUT2D eigenvalue weighted by Crippen LogP contribution is -2.31. The van der Waals surface area contributed by atoms with Gasteiger partial charge in [0.2, 0.25) is 0 Å². The van der Waals surface area contributed by atoms with E-state index in [4.69, 9.17) is 4.74 Å². The van der Waals surface area contributed by atoms with Crippen molar-refractivity contribution in [3.63, 3.8) is 0 Å². The molecule has 5 nitrogen and oxygen atoms in total. The van der Waals surface area contributed by atoms with Crippen LogP contribution in [0, 0.1) is 6.92 Å². The first-order valence-corrected chi connectivity index (χ1v) is 12.1. The first-order valence-electron chi connectivity index (χ1n) is 12.1. The number of aryl methyl sites for hydroxylation is 2. The molecule has 0 bridgehead atoms. The molecule has 0 saturated heterocycles. The number of aromatic hydroxyl groups is 1. The minimum atomic E-state index is -0.536. The van der Waals surface area contributed by atoms with Crippen LogP contribution in [0.15, 0.2) is 48.8 Å². The molecule has 178 valence electrons. The van der Waals surface area contributed by atoms with E-state index in [2.05, 4.69) is 30.1 Å². The second-order valence-electron chi connectivity index (χ2n) is 9.77. The number of phenols is 1. The largest absolute Gasteiger partial charge is 0.506 e. The van der Waals surface area contributed by atoms with Crippen LogP contribution in [0.5, 0.6) is 11.5 Å². The van der Waals surface area contributed by atoms with Gasteiger partial charge in [-0.3, -0.25) is 9.78 Å². The highest BCUT2D eigenvalue weighted by molar-refractivity contribution is 6.02. The molecule has 1 aromatic heterocycles. The number of phenolic OH excluding ortho intramolecular Hbond substituents is 1. The number of pyridine rings is 1. The van der Waals surface area contributed by atoms with Crippen LogP contribution >= 0.6 is 0 Å². The Morgan fingerprint density at radius 2 is 1.97 bits per heavy atom. The Kier molecular flexibility index (Phi) is 6.65. The molecule has 0 saturated carbocycles. The molecule has 1 aliphatic rings. The molecule has 1 amide bonds. The van der Waals surface area contributed by atoms with Gasteiger partial charge in [0.1, 0.15) is 17.1 Å². The maximum Gasteiger partial charge on any atom is 0.257 e. The summed E-state index contributed by atoms with van der Waals surface area (Å²) in [7, 11) is 1.77. The number of benzene rings is 2. The number of amides is 1. The van der Waals surface area contributed by atoms with Crippen LogP contribution in [0.3, 0.4) is 0 Å². The molecule has 0 fully saturated rings. The van der Waals surface area contributed by atoms with E-state index in [9.17, 15) is 9.90 Å². The number of unbranched alkanes of at least 4 members (excludes halogenated alkanes) is 2.